The molecule has 0 heterocycles. The lowest BCUT2D eigenvalue weighted by Gasteiger charge is -2.12. The van der Waals surface area contributed by atoms with E-state index < -0.39 is 0 Å². The van der Waals surface area contributed by atoms with Gasteiger partial charge in [0, 0.05) is 5.92 Å². The Morgan fingerprint density at radius 3 is 2.53 bits per heavy atom. The van der Waals surface area contributed by atoms with Crippen LogP contribution in [0.15, 0.2) is 18.2 Å². The highest BCUT2D eigenvalue weighted by atomic mass is 16.5. The van der Waals surface area contributed by atoms with Crippen LogP contribution in [0.5, 0.6) is 11.5 Å². The molecule has 17 heavy (non-hydrogen) atoms. The van der Waals surface area contributed by atoms with Gasteiger partial charge in [0.25, 0.3) is 0 Å². The van der Waals surface area contributed by atoms with E-state index in [1.54, 1.807) is 7.11 Å². The number of carbonyl (C=O) groups excluding carboxylic acids is 1. The van der Waals surface area contributed by atoms with Crippen molar-refractivity contribution in [3.05, 3.63) is 23.8 Å². The van der Waals surface area contributed by atoms with E-state index in [1.165, 1.54) is 5.56 Å². The van der Waals surface area contributed by atoms with Crippen molar-refractivity contribution in [2.75, 3.05) is 13.7 Å². The quantitative estimate of drug-likeness (QED) is 0.762. The molecule has 0 amide bonds. The van der Waals surface area contributed by atoms with Crippen LogP contribution in [0.2, 0.25) is 0 Å². The summed E-state index contributed by atoms with van der Waals surface area (Å²) in [5.74, 6) is 1.39. The van der Waals surface area contributed by atoms with E-state index in [0.29, 0.717) is 11.5 Å². The molecule has 0 bridgehead atoms. The highest BCUT2D eigenvalue weighted by molar-refractivity contribution is 5.81. The van der Waals surface area contributed by atoms with Crippen molar-refractivity contribution in [3.63, 3.8) is 0 Å². The number of methoxy groups -OCH3 is 1. The number of Topliss-reactive ketones (excluding diaryl/α,β-unsaturated/α-hetero) is 1. The molecule has 0 unspecified atom stereocenters. The predicted octanol–water partition coefficient (Wildman–Crippen LogP) is 2.86. The third-order valence-corrected chi connectivity index (χ3v) is 2.65. The molecule has 0 saturated heterocycles. The smallest absolute Gasteiger partial charge is 0.172 e. The van der Waals surface area contributed by atoms with E-state index in [4.69, 9.17) is 9.47 Å². The third-order valence-electron chi connectivity index (χ3n) is 2.65. The first-order chi connectivity index (χ1) is 8.08. The van der Waals surface area contributed by atoms with Gasteiger partial charge in [0.15, 0.2) is 17.3 Å². The summed E-state index contributed by atoms with van der Waals surface area (Å²) in [5, 5.41) is 0. The maximum absolute atomic E-state index is 11.5. The van der Waals surface area contributed by atoms with Gasteiger partial charge in [0.05, 0.1) is 7.11 Å². The van der Waals surface area contributed by atoms with Crippen LogP contribution in [0, 0.1) is 5.92 Å². The maximum atomic E-state index is 11.5. The highest BCUT2D eigenvalue weighted by Crippen LogP contribution is 2.28. The molecule has 0 aliphatic heterocycles. The fourth-order valence-corrected chi connectivity index (χ4v) is 1.37. The Morgan fingerprint density at radius 2 is 2.00 bits per heavy atom. The van der Waals surface area contributed by atoms with Gasteiger partial charge < -0.3 is 9.47 Å². The van der Waals surface area contributed by atoms with Crippen molar-refractivity contribution >= 4 is 5.78 Å². The van der Waals surface area contributed by atoms with E-state index in [2.05, 4.69) is 6.92 Å². The Hall–Kier alpha value is -1.51. The lowest BCUT2D eigenvalue weighted by atomic mass is 10.1. The van der Waals surface area contributed by atoms with Crippen LogP contribution >= 0.6 is 0 Å². The van der Waals surface area contributed by atoms with Gasteiger partial charge in [-0.1, -0.05) is 26.8 Å². The van der Waals surface area contributed by atoms with Gasteiger partial charge in [-0.15, -0.1) is 0 Å². The first-order valence-corrected chi connectivity index (χ1v) is 5.90. The third kappa shape index (κ3) is 3.77. The van der Waals surface area contributed by atoms with Crippen LogP contribution in [0.25, 0.3) is 0 Å². The largest absolute Gasteiger partial charge is 0.493 e. The van der Waals surface area contributed by atoms with E-state index >= 15 is 0 Å². The number of hydrogen-bond donors (Lipinski definition) is 0. The second-order valence-corrected chi connectivity index (χ2v) is 4.25. The van der Waals surface area contributed by atoms with E-state index in [-0.39, 0.29) is 18.3 Å². The van der Waals surface area contributed by atoms with Gasteiger partial charge in [-0.05, 0) is 24.1 Å². The molecule has 3 nitrogen and oxygen atoms in total. The summed E-state index contributed by atoms with van der Waals surface area (Å²) in [5.41, 5.74) is 1.18. The van der Waals surface area contributed by atoms with Gasteiger partial charge in [-0.3, -0.25) is 4.79 Å². The number of hydrogen-bond acceptors (Lipinski definition) is 3. The van der Waals surface area contributed by atoms with Crippen molar-refractivity contribution in [3.8, 4) is 11.5 Å². The summed E-state index contributed by atoms with van der Waals surface area (Å²) in [6, 6.07) is 5.78. The summed E-state index contributed by atoms with van der Waals surface area (Å²) in [7, 11) is 1.60. The summed E-state index contributed by atoms with van der Waals surface area (Å²) < 4.78 is 10.7. The normalized spacial score (nSPS) is 10.4. The van der Waals surface area contributed by atoms with Crippen molar-refractivity contribution in [2.45, 2.75) is 27.2 Å². The van der Waals surface area contributed by atoms with Gasteiger partial charge in [0.1, 0.15) is 6.61 Å². The molecule has 3 heteroatoms. The summed E-state index contributed by atoms with van der Waals surface area (Å²) in [4.78, 5) is 11.5. The Kier molecular flexibility index (Phi) is 5.01. The van der Waals surface area contributed by atoms with Crippen molar-refractivity contribution in [2.24, 2.45) is 5.92 Å². The Balaban J connectivity index is 2.74. The number of rotatable bonds is 6. The van der Waals surface area contributed by atoms with E-state index in [9.17, 15) is 4.79 Å². The first kappa shape index (κ1) is 13.6. The van der Waals surface area contributed by atoms with E-state index in [0.717, 1.165) is 6.42 Å². The number of carbonyl (C=O) groups is 1. The molecule has 0 spiro atoms. The lowest BCUT2D eigenvalue weighted by molar-refractivity contribution is -0.123. The van der Waals surface area contributed by atoms with Crippen LogP contribution in [-0.4, -0.2) is 19.5 Å². The van der Waals surface area contributed by atoms with Crippen LogP contribution in [0.4, 0.5) is 0 Å². The Bertz CT molecular complexity index is 383. The topological polar surface area (TPSA) is 35.5 Å². The second kappa shape index (κ2) is 6.28. The summed E-state index contributed by atoms with van der Waals surface area (Å²) in [6.07, 6.45) is 0.946. The van der Waals surface area contributed by atoms with Crippen LogP contribution in [0.3, 0.4) is 0 Å². The molecule has 0 N–H and O–H groups in total. The molecule has 0 aliphatic carbocycles. The van der Waals surface area contributed by atoms with Gasteiger partial charge in [-0.25, -0.2) is 0 Å². The number of ketones is 1. The van der Waals surface area contributed by atoms with E-state index in [1.807, 2.05) is 32.0 Å². The highest BCUT2D eigenvalue weighted by Gasteiger charge is 2.10. The van der Waals surface area contributed by atoms with Gasteiger partial charge >= 0.3 is 0 Å². The Labute approximate surface area is 103 Å². The molecule has 0 saturated carbocycles. The number of benzene rings is 1. The molecule has 0 atom stereocenters. The van der Waals surface area contributed by atoms with Crippen LogP contribution < -0.4 is 9.47 Å². The van der Waals surface area contributed by atoms with Crippen LogP contribution in [0.1, 0.15) is 26.3 Å². The van der Waals surface area contributed by atoms with Gasteiger partial charge in [-0.2, -0.15) is 0 Å². The zero-order valence-electron chi connectivity index (χ0n) is 10.9. The standard InChI is InChI=1S/C14H20O3/c1-5-11-6-7-13(14(8-11)16-4)17-9-12(15)10(2)3/h6-8,10H,5,9H2,1-4H3. The molecule has 1 rings (SSSR count). The fraction of sp³-hybridized carbons (Fsp3) is 0.500. The molecule has 1 aromatic rings. The molecule has 0 aliphatic rings. The molecule has 1 aromatic carbocycles. The molecule has 94 valence electrons. The van der Waals surface area contributed by atoms with Crippen molar-refractivity contribution in [1.29, 1.82) is 0 Å². The monoisotopic (exact) mass is 236 g/mol. The zero-order valence-corrected chi connectivity index (χ0v) is 10.9. The second-order valence-electron chi connectivity index (χ2n) is 4.25. The predicted molar refractivity (Wildman–Crippen MR) is 67.7 cm³/mol. The van der Waals surface area contributed by atoms with Crippen molar-refractivity contribution in [1.82, 2.24) is 0 Å². The maximum Gasteiger partial charge on any atom is 0.172 e. The Morgan fingerprint density at radius 1 is 1.29 bits per heavy atom. The minimum Gasteiger partial charge on any atom is -0.493 e. The number of aryl methyl sites for hydroxylation is 1. The molecule has 0 fully saturated rings. The lowest BCUT2D eigenvalue weighted by Crippen LogP contribution is -2.17. The SMILES string of the molecule is CCc1ccc(OCC(=O)C(C)C)c(OC)c1. The molecule has 0 aromatic heterocycles. The molecular formula is C14H20O3. The number of ether oxygens (including phenoxy) is 2. The minimum absolute atomic E-state index is 0.00379. The van der Waals surface area contributed by atoms with Crippen LogP contribution in [-0.2, 0) is 11.2 Å². The zero-order chi connectivity index (χ0) is 12.8. The molecule has 0 radical (unpaired) electrons. The average molecular weight is 236 g/mol. The first-order valence-electron chi connectivity index (χ1n) is 5.90. The summed E-state index contributed by atoms with van der Waals surface area (Å²) >= 11 is 0. The minimum atomic E-state index is -0.00379. The van der Waals surface area contributed by atoms with Crippen molar-refractivity contribution < 1.29 is 14.3 Å². The summed E-state index contributed by atoms with van der Waals surface area (Å²) in [6.45, 7) is 5.91. The fourth-order valence-electron chi connectivity index (χ4n) is 1.37. The van der Waals surface area contributed by atoms with Gasteiger partial charge in [0.2, 0.25) is 0 Å². The molecular weight excluding hydrogens is 216 g/mol. The average Bonchev–Trinajstić information content (AvgIpc) is 2.35.